The minimum absolute atomic E-state index is 0.173. The van der Waals surface area contributed by atoms with Crippen molar-refractivity contribution in [3.63, 3.8) is 0 Å². The number of benzene rings is 1. The van der Waals surface area contributed by atoms with Crippen LogP contribution in [0, 0.1) is 5.92 Å². The summed E-state index contributed by atoms with van der Waals surface area (Å²) in [6, 6.07) is 14.0. The lowest BCUT2D eigenvalue weighted by atomic mass is 9.79. The van der Waals surface area contributed by atoms with E-state index in [-0.39, 0.29) is 16.9 Å². The lowest BCUT2D eigenvalue weighted by Crippen LogP contribution is -2.28. The molecule has 0 spiro atoms. The molecule has 5 rings (SSSR count). The molecule has 0 fully saturated rings. The molecule has 144 valence electrons. The number of anilines is 1. The summed E-state index contributed by atoms with van der Waals surface area (Å²) in [4.78, 5) is 4.01. The van der Waals surface area contributed by atoms with E-state index in [0.29, 0.717) is 5.92 Å². The van der Waals surface area contributed by atoms with Crippen LogP contribution in [0.1, 0.15) is 28.8 Å². The van der Waals surface area contributed by atoms with Crippen LogP contribution in [0.5, 0.6) is 0 Å². The average molecular weight is 493 g/mol. The fourth-order valence-electron chi connectivity index (χ4n) is 4.13. The van der Waals surface area contributed by atoms with E-state index in [0.717, 1.165) is 21.5 Å². The Morgan fingerprint density at radius 3 is 2.61 bits per heavy atom. The van der Waals surface area contributed by atoms with Crippen molar-refractivity contribution in [1.29, 1.82) is 0 Å². The first kappa shape index (κ1) is 18.6. The monoisotopic (exact) mass is 492 g/mol. The molecule has 0 saturated carbocycles. The number of nitrogens with two attached hydrogens (primary N) is 1. The van der Waals surface area contributed by atoms with Gasteiger partial charge in [-0.15, -0.1) is 22.7 Å². The Balaban J connectivity index is 1.53. The number of rotatable bonds is 3. The van der Waals surface area contributed by atoms with E-state index in [1.165, 1.54) is 14.6 Å². The number of hydrogen-bond acceptors (Lipinski definition) is 5. The Bertz CT molecular complexity index is 1200. The normalized spacial score (nSPS) is 23.3. The molecule has 0 amide bonds. The first-order valence-electron chi connectivity index (χ1n) is 8.85. The Morgan fingerprint density at radius 1 is 1.07 bits per heavy atom. The zero-order valence-electron chi connectivity index (χ0n) is 14.6. The van der Waals surface area contributed by atoms with E-state index in [2.05, 4.69) is 57.7 Å². The number of allylic oxidation sites excluding steroid dienone is 2. The maximum atomic E-state index is 11.8. The fraction of sp³-hybridized carbons (Fsp3) is 0.200. The third-order valence-corrected chi connectivity index (χ3v) is 9.31. The Morgan fingerprint density at radius 2 is 1.86 bits per heavy atom. The number of thiophene rings is 2. The maximum absolute atomic E-state index is 11.8. The van der Waals surface area contributed by atoms with Crippen LogP contribution in [0.3, 0.4) is 0 Å². The summed E-state index contributed by atoms with van der Waals surface area (Å²) in [5.41, 5.74) is 2.00. The molecule has 4 nitrogen and oxygen atoms in total. The minimum Gasteiger partial charge on any atom is -0.377 e. The maximum Gasteiger partial charge on any atom is 0.238 e. The van der Waals surface area contributed by atoms with Crippen molar-refractivity contribution in [2.45, 2.75) is 23.3 Å². The summed E-state index contributed by atoms with van der Waals surface area (Å²) in [5, 5.41) is 9.00. The number of fused-ring (bicyclic) bond motifs is 3. The summed E-state index contributed by atoms with van der Waals surface area (Å²) < 4.78 is 24.7. The summed E-state index contributed by atoms with van der Waals surface area (Å²) in [5.74, 6) is 0.564. The van der Waals surface area contributed by atoms with Gasteiger partial charge in [-0.1, -0.05) is 12.2 Å². The van der Waals surface area contributed by atoms with Crippen molar-refractivity contribution < 1.29 is 8.42 Å². The van der Waals surface area contributed by atoms with Crippen molar-refractivity contribution in [2.75, 3.05) is 5.32 Å². The van der Waals surface area contributed by atoms with Crippen LogP contribution in [-0.2, 0) is 10.0 Å². The van der Waals surface area contributed by atoms with Crippen LogP contribution in [-0.4, -0.2) is 8.42 Å². The molecule has 0 unspecified atom stereocenters. The third kappa shape index (κ3) is 3.17. The molecule has 3 atom stereocenters. The predicted molar refractivity (Wildman–Crippen MR) is 119 cm³/mol. The molecule has 8 heteroatoms. The van der Waals surface area contributed by atoms with Crippen molar-refractivity contribution in [3.8, 4) is 9.75 Å². The Labute approximate surface area is 180 Å². The molecular weight excluding hydrogens is 476 g/mol. The van der Waals surface area contributed by atoms with Gasteiger partial charge >= 0.3 is 0 Å². The molecule has 2 aromatic heterocycles. The molecule has 1 aromatic carbocycles. The smallest absolute Gasteiger partial charge is 0.238 e. The van der Waals surface area contributed by atoms with E-state index in [1.807, 2.05) is 17.4 Å². The van der Waals surface area contributed by atoms with Gasteiger partial charge in [-0.25, -0.2) is 13.6 Å². The van der Waals surface area contributed by atoms with Gasteiger partial charge < -0.3 is 5.32 Å². The number of halogens is 1. The predicted octanol–water partition coefficient (Wildman–Crippen LogP) is 5.71. The van der Waals surface area contributed by atoms with E-state index in [4.69, 9.17) is 5.14 Å². The van der Waals surface area contributed by atoms with Gasteiger partial charge in [0.25, 0.3) is 0 Å². The van der Waals surface area contributed by atoms with Crippen LogP contribution in [0.25, 0.3) is 9.75 Å². The summed E-state index contributed by atoms with van der Waals surface area (Å²) in [6.45, 7) is 0. The molecular formula is C20H17BrN2O2S3. The zero-order valence-corrected chi connectivity index (χ0v) is 18.7. The first-order chi connectivity index (χ1) is 13.4. The quantitative estimate of drug-likeness (QED) is 0.459. The molecule has 1 aliphatic carbocycles. The van der Waals surface area contributed by atoms with E-state index in [1.54, 1.807) is 23.5 Å². The molecule has 0 saturated heterocycles. The molecule has 1 aliphatic heterocycles. The van der Waals surface area contributed by atoms with Gasteiger partial charge in [0, 0.05) is 26.2 Å². The second-order valence-corrected chi connectivity index (χ2v) is 12.2. The molecule has 0 radical (unpaired) electrons. The van der Waals surface area contributed by atoms with Crippen LogP contribution in [0.15, 0.2) is 63.3 Å². The Kier molecular flexibility index (Phi) is 4.52. The topological polar surface area (TPSA) is 72.2 Å². The highest BCUT2D eigenvalue weighted by Gasteiger charge is 2.39. The highest BCUT2D eigenvalue weighted by molar-refractivity contribution is 9.11. The van der Waals surface area contributed by atoms with Crippen molar-refractivity contribution in [2.24, 2.45) is 11.1 Å². The van der Waals surface area contributed by atoms with Crippen LogP contribution in [0.2, 0.25) is 0 Å². The highest BCUT2D eigenvalue weighted by Crippen LogP contribution is 2.51. The van der Waals surface area contributed by atoms with E-state index in [9.17, 15) is 8.42 Å². The largest absolute Gasteiger partial charge is 0.377 e. The summed E-state index contributed by atoms with van der Waals surface area (Å²) in [6.07, 6.45) is 5.38. The first-order valence-corrected chi connectivity index (χ1v) is 12.8. The highest BCUT2D eigenvalue weighted by atomic mass is 79.9. The van der Waals surface area contributed by atoms with Gasteiger partial charge in [0.1, 0.15) is 0 Å². The van der Waals surface area contributed by atoms with Crippen molar-refractivity contribution in [1.82, 2.24) is 0 Å². The average Bonchev–Trinajstić information content (AvgIpc) is 3.40. The molecule has 3 heterocycles. The van der Waals surface area contributed by atoms with Gasteiger partial charge in [0.2, 0.25) is 10.0 Å². The SMILES string of the molecule is NS(=O)(=O)c1ccc2c(c1)[C@H]1C=CC[C@H]1[C@@H](c1ccc(-c3ccc(Br)s3)s1)N2. The lowest BCUT2D eigenvalue weighted by Gasteiger charge is -2.37. The third-order valence-electron chi connectivity index (χ3n) is 5.41. The number of nitrogens with one attached hydrogen (secondary N) is 1. The number of primary sulfonamides is 1. The summed E-state index contributed by atoms with van der Waals surface area (Å²) in [7, 11) is -3.71. The van der Waals surface area contributed by atoms with E-state index < -0.39 is 10.0 Å². The van der Waals surface area contributed by atoms with Crippen molar-refractivity contribution >= 4 is 54.3 Å². The lowest BCUT2D eigenvalue weighted by molar-refractivity contribution is 0.429. The van der Waals surface area contributed by atoms with Crippen LogP contribution >= 0.6 is 38.6 Å². The van der Waals surface area contributed by atoms with E-state index >= 15 is 0 Å². The van der Waals surface area contributed by atoms with Gasteiger partial charge in [-0.05, 0) is 76.3 Å². The summed E-state index contributed by atoms with van der Waals surface area (Å²) >= 11 is 7.10. The number of sulfonamides is 1. The molecule has 3 aromatic rings. The van der Waals surface area contributed by atoms with Crippen molar-refractivity contribution in [3.05, 3.63) is 68.8 Å². The van der Waals surface area contributed by atoms with Gasteiger partial charge in [0.05, 0.1) is 14.7 Å². The van der Waals surface area contributed by atoms with Crippen LogP contribution < -0.4 is 10.5 Å². The zero-order chi connectivity index (χ0) is 19.5. The number of hydrogen-bond donors (Lipinski definition) is 2. The molecule has 0 bridgehead atoms. The molecule has 2 aliphatic rings. The van der Waals surface area contributed by atoms with Crippen LogP contribution in [0.4, 0.5) is 5.69 Å². The second kappa shape index (κ2) is 6.81. The second-order valence-electron chi connectivity index (χ2n) is 7.08. The molecule has 3 N–H and O–H groups in total. The molecule has 28 heavy (non-hydrogen) atoms. The Hall–Kier alpha value is -1.45. The standard InChI is InChI=1S/C20H17BrN2O2S3/c21-19-9-8-17(27-19)16-6-7-18(26-16)20-13-3-1-2-12(13)14-10-11(28(22,24)25)4-5-15(14)23-20/h1-2,4-10,12-13,20,23H,3H2,(H2,22,24,25)/t12-,13+,20-/m0/s1. The fourth-order valence-corrected chi connectivity index (χ4v) is 7.29. The van der Waals surface area contributed by atoms with Gasteiger partial charge in [-0.3, -0.25) is 0 Å². The minimum atomic E-state index is -3.71. The van der Waals surface area contributed by atoms with Gasteiger partial charge in [-0.2, -0.15) is 0 Å². The van der Waals surface area contributed by atoms with Gasteiger partial charge in [0.15, 0.2) is 0 Å².